The van der Waals surface area contributed by atoms with Gasteiger partial charge in [0.15, 0.2) is 0 Å². The maximum Gasteiger partial charge on any atom is 0.0991 e. The third-order valence-electron chi connectivity index (χ3n) is 6.54. The predicted octanol–water partition coefficient (Wildman–Crippen LogP) is 8.45. The number of aromatic nitrogens is 1. The number of rotatable bonds is 1. The topological polar surface area (TPSA) is 36.7 Å². The minimum atomic E-state index is 0.686. The highest BCUT2D eigenvalue weighted by molar-refractivity contribution is 7.25. The Hall–Kier alpha value is -4.26. The van der Waals surface area contributed by atoms with Gasteiger partial charge in [-0.1, -0.05) is 60.7 Å². The highest BCUT2D eigenvalue weighted by Crippen LogP contribution is 2.39. The fourth-order valence-electron chi connectivity index (χ4n) is 4.98. The number of pyridine rings is 1. The Kier molecular flexibility index (Phi) is 3.81. The molecular formula is C30H16N2S. The monoisotopic (exact) mass is 436 g/mol. The van der Waals surface area contributed by atoms with Crippen LogP contribution in [0.15, 0.2) is 97.2 Å². The number of thiophene rings is 1. The summed E-state index contributed by atoms with van der Waals surface area (Å²) in [5.74, 6) is 0. The first-order valence-electron chi connectivity index (χ1n) is 10.9. The van der Waals surface area contributed by atoms with Crippen LogP contribution in [0.5, 0.6) is 0 Å². The van der Waals surface area contributed by atoms with Crippen LogP contribution < -0.4 is 0 Å². The van der Waals surface area contributed by atoms with Gasteiger partial charge in [0, 0.05) is 37.3 Å². The summed E-state index contributed by atoms with van der Waals surface area (Å²) >= 11 is 1.83. The molecule has 0 saturated carbocycles. The Balaban J connectivity index is 1.48. The first-order valence-corrected chi connectivity index (χ1v) is 11.7. The van der Waals surface area contributed by atoms with Crippen molar-refractivity contribution in [3.8, 4) is 17.3 Å². The molecule has 0 atom stereocenters. The molecule has 0 N–H and O–H groups in total. The quantitative estimate of drug-likeness (QED) is 0.242. The molecule has 0 aliphatic rings. The second kappa shape index (κ2) is 6.87. The SMILES string of the molecule is N#Cc1ccc2c(ccc3c4ccnc(-c5ccc6c(c5)sc5ccccc56)c4ccc23)c1. The van der Waals surface area contributed by atoms with Gasteiger partial charge >= 0.3 is 0 Å². The Morgan fingerprint density at radius 2 is 1.33 bits per heavy atom. The van der Waals surface area contributed by atoms with Gasteiger partial charge in [0.25, 0.3) is 0 Å². The standard InChI is InChI=1S/C30H16N2S/c31-17-18-5-8-21-19(15-18)6-9-23-22(21)11-12-27-24(23)13-14-32-30(27)20-7-10-26-25-3-1-2-4-28(25)33-29(26)16-20/h1-16H. The number of fused-ring (bicyclic) bond motifs is 8. The van der Waals surface area contributed by atoms with Gasteiger partial charge in [-0.15, -0.1) is 11.3 Å². The van der Waals surface area contributed by atoms with Crippen LogP contribution in [0, 0.1) is 11.3 Å². The van der Waals surface area contributed by atoms with Crippen molar-refractivity contribution in [2.75, 3.05) is 0 Å². The molecule has 0 amide bonds. The molecule has 0 fully saturated rings. The van der Waals surface area contributed by atoms with Gasteiger partial charge in [0.05, 0.1) is 17.3 Å². The maximum absolute atomic E-state index is 9.24. The summed E-state index contributed by atoms with van der Waals surface area (Å²) in [6.45, 7) is 0. The van der Waals surface area contributed by atoms with E-state index in [1.807, 2.05) is 29.7 Å². The molecule has 0 aliphatic heterocycles. The normalized spacial score (nSPS) is 11.6. The van der Waals surface area contributed by atoms with Gasteiger partial charge in [0.2, 0.25) is 0 Å². The largest absolute Gasteiger partial charge is 0.256 e. The fraction of sp³-hybridized carbons (Fsp3) is 0. The van der Waals surface area contributed by atoms with Crippen LogP contribution in [0.3, 0.4) is 0 Å². The molecule has 0 bridgehead atoms. The second-order valence-electron chi connectivity index (χ2n) is 8.34. The van der Waals surface area contributed by atoms with E-state index in [1.54, 1.807) is 0 Å². The lowest BCUT2D eigenvalue weighted by Gasteiger charge is -2.11. The summed E-state index contributed by atoms with van der Waals surface area (Å²) < 4.78 is 2.60. The lowest BCUT2D eigenvalue weighted by atomic mass is 9.95. The third-order valence-corrected chi connectivity index (χ3v) is 7.67. The molecule has 2 heterocycles. The number of benzene rings is 5. The lowest BCUT2D eigenvalue weighted by molar-refractivity contribution is 1.36. The molecule has 0 aliphatic carbocycles. The molecule has 0 unspecified atom stereocenters. The van der Waals surface area contributed by atoms with E-state index >= 15 is 0 Å². The average molecular weight is 437 g/mol. The summed E-state index contributed by atoms with van der Waals surface area (Å²) in [5, 5.41) is 18.9. The summed E-state index contributed by atoms with van der Waals surface area (Å²) in [7, 11) is 0. The zero-order valence-corrected chi connectivity index (χ0v) is 18.4. The zero-order chi connectivity index (χ0) is 21.9. The predicted molar refractivity (Wildman–Crippen MR) is 140 cm³/mol. The number of nitriles is 1. The van der Waals surface area contributed by atoms with Crippen molar-refractivity contribution < 1.29 is 0 Å². The maximum atomic E-state index is 9.24. The van der Waals surface area contributed by atoms with Crippen LogP contribution >= 0.6 is 11.3 Å². The molecule has 7 aromatic rings. The van der Waals surface area contributed by atoms with Crippen molar-refractivity contribution in [1.29, 1.82) is 5.26 Å². The van der Waals surface area contributed by atoms with E-state index in [4.69, 9.17) is 4.98 Å². The Morgan fingerprint density at radius 3 is 2.27 bits per heavy atom. The van der Waals surface area contributed by atoms with E-state index in [0.717, 1.165) is 22.0 Å². The molecule has 3 heteroatoms. The van der Waals surface area contributed by atoms with Gasteiger partial charge in [-0.3, -0.25) is 4.98 Å². The molecule has 2 aromatic heterocycles. The van der Waals surface area contributed by atoms with Crippen LogP contribution in [-0.2, 0) is 0 Å². The van der Waals surface area contributed by atoms with Crippen LogP contribution in [0.1, 0.15) is 5.56 Å². The average Bonchev–Trinajstić information content (AvgIpc) is 3.25. The van der Waals surface area contributed by atoms with E-state index < -0.39 is 0 Å². The first-order chi connectivity index (χ1) is 16.3. The molecule has 0 spiro atoms. The van der Waals surface area contributed by atoms with Crippen LogP contribution in [0.25, 0.3) is 63.7 Å². The zero-order valence-electron chi connectivity index (χ0n) is 17.5. The van der Waals surface area contributed by atoms with E-state index in [2.05, 4.69) is 84.9 Å². The summed E-state index contributed by atoms with van der Waals surface area (Å²) in [6.07, 6.45) is 1.91. The minimum Gasteiger partial charge on any atom is -0.256 e. The highest BCUT2D eigenvalue weighted by Gasteiger charge is 2.12. The fourth-order valence-corrected chi connectivity index (χ4v) is 6.13. The molecule has 0 saturated heterocycles. The van der Waals surface area contributed by atoms with Crippen LogP contribution in [0.4, 0.5) is 0 Å². The molecule has 7 rings (SSSR count). The van der Waals surface area contributed by atoms with Crippen molar-refractivity contribution in [2.24, 2.45) is 0 Å². The highest BCUT2D eigenvalue weighted by atomic mass is 32.1. The van der Waals surface area contributed by atoms with Gasteiger partial charge in [-0.05, 0) is 57.3 Å². The smallest absolute Gasteiger partial charge is 0.0991 e. The van der Waals surface area contributed by atoms with Crippen molar-refractivity contribution in [3.05, 3.63) is 103 Å². The molecule has 5 aromatic carbocycles. The minimum absolute atomic E-state index is 0.686. The second-order valence-corrected chi connectivity index (χ2v) is 9.42. The molecular weight excluding hydrogens is 420 g/mol. The third kappa shape index (κ3) is 2.68. The van der Waals surface area contributed by atoms with E-state index in [-0.39, 0.29) is 0 Å². The van der Waals surface area contributed by atoms with E-state index in [9.17, 15) is 5.26 Å². The van der Waals surface area contributed by atoms with Crippen LogP contribution in [0.2, 0.25) is 0 Å². The van der Waals surface area contributed by atoms with Crippen molar-refractivity contribution >= 4 is 63.8 Å². The Morgan fingerprint density at radius 1 is 0.606 bits per heavy atom. The van der Waals surface area contributed by atoms with Crippen molar-refractivity contribution in [3.63, 3.8) is 0 Å². The Bertz CT molecular complexity index is 1940. The van der Waals surface area contributed by atoms with Gasteiger partial charge < -0.3 is 0 Å². The van der Waals surface area contributed by atoms with Crippen molar-refractivity contribution in [2.45, 2.75) is 0 Å². The number of hydrogen-bond donors (Lipinski definition) is 0. The lowest BCUT2D eigenvalue weighted by Crippen LogP contribution is -1.88. The summed E-state index contributed by atoms with van der Waals surface area (Å²) in [4.78, 5) is 4.80. The number of hydrogen-bond acceptors (Lipinski definition) is 3. The van der Waals surface area contributed by atoms with E-state index in [1.165, 1.54) is 41.7 Å². The molecule has 2 nitrogen and oxygen atoms in total. The summed E-state index contributed by atoms with van der Waals surface area (Å²) in [6, 6.07) is 34.2. The van der Waals surface area contributed by atoms with Gasteiger partial charge in [0.1, 0.15) is 0 Å². The molecule has 33 heavy (non-hydrogen) atoms. The molecule has 152 valence electrons. The van der Waals surface area contributed by atoms with Crippen LogP contribution in [-0.4, -0.2) is 4.98 Å². The summed E-state index contributed by atoms with van der Waals surface area (Å²) in [5.41, 5.74) is 2.83. The van der Waals surface area contributed by atoms with E-state index in [0.29, 0.717) is 5.56 Å². The van der Waals surface area contributed by atoms with Gasteiger partial charge in [-0.2, -0.15) is 5.26 Å². The Labute approximate surface area is 194 Å². The first kappa shape index (κ1) is 18.3. The number of nitrogens with zero attached hydrogens (tertiary/aromatic N) is 2. The van der Waals surface area contributed by atoms with Crippen molar-refractivity contribution in [1.82, 2.24) is 4.98 Å². The molecule has 0 radical (unpaired) electrons. The van der Waals surface area contributed by atoms with Gasteiger partial charge in [-0.25, -0.2) is 0 Å².